The quantitative estimate of drug-likeness (QED) is 0.264. The molecule has 0 aromatic rings. The Bertz CT molecular complexity index is 215. The van der Waals surface area contributed by atoms with Crippen molar-refractivity contribution in [3.05, 3.63) is 11.8 Å². The highest BCUT2D eigenvalue weighted by Crippen LogP contribution is 1.95. The number of hydrogen-bond donors (Lipinski definition) is 1. The standard InChI is InChI=1S/C6H6O5/c1-4(8)11-5(2-3-7)6(9)10/h2-3H,1H3,(H,9,10)/b5-2+. The van der Waals surface area contributed by atoms with Gasteiger partial charge in [0.2, 0.25) is 5.76 Å². The van der Waals surface area contributed by atoms with Gasteiger partial charge in [-0.25, -0.2) is 4.79 Å². The Morgan fingerprint density at radius 1 is 1.45 bits per heavy atom. The van der Waals surface area contributed by atoms with E-state index in [-0.39, 0.29) is 6.29 Å². The van der Waals surface area contributed by atoms with Crippen LogP contribution in [0.15, 0.2) is 11.8 Å². The highest BCUT2D eigenvalue weighted by atomic mass is 16.6. The summed E-state index contributed by atoms with van der Waals surface area (Å²) in [6.45, 7) is 1.04. The largest absolute Gasteiger partial charge is 0.475 e. The second kappa shape index (κ2) is 4.21. The SMILES string of the molecule is CC(=O)O/C(=C/C=O)C(=O)O. The van der Waals surface area contributed by atoms with E-state index in [2.05, 4.69) is 4.74 Å². The Morgan fingerprint density at radius 3 is 2.27 bits per heavy atom. The molecular formula is C6H6O5. The maximum absolute atomic E-state index is 10.2. The molecular weight excluding hydrogens is 152 g/mol. The third kappa shape index (κ3) is 3.85. The molecule has 0 aliphatic rings. The third-order valence-corrected chi connectivity index (χ3v) is 0.684. The zero-order valence-electron chi connectivity index (χ0n) is 5.73. The lowest BCUT2D eigenvalue weighted by Gasteiger charge is -1.97. The summed E-state index contributed by atoms with van der Waals surface area (Å²) in [5.74, 6) is -2.90. The molecule has 0 rings (SSSR count). The number of carbonyl (C=O) groups is 3. The summed E-state index contributed by atoms with van der Waals surface area (Å²) in [6.07, 6.45) is 0.885. The zero-order valence-corrected chi connectivity index (χ0v) is 5.73. The number of hydrogen-bond acceptors (Lipinski definition) is 4. The maximum atomic E-state index is 10.2. The summed E-state index contributed by atoms with van der Waals surface area (Å²) in [7, 11) is 0. The van der Waals surface area contributed by atoms with E-state index in [0.29, 0.717) is 6.08 Å². The van der Waals surface area contributed by atoms with Gasteiger partial charge in [-0.3, -0.25) is 9.59 Å². The number of esters is 1. The topological polar surface area (TPSA) is 80.7 Å². The average Bonchev–Trinajstić information content (AvgIpc) is 1.86. The fourth-order valence-corrected chi connectivity index (χ4v) is 0.366. The first-order chi connectivity index (χ1) is 5.07. The zero-order chi connectivity index (χ0) is 8.85. The van der Waals surface area contributed by atoms with Crippen LogP contribution in [0.4, 0.5) is 0 Å². The molecule has 0 bridgehead atoms. The van der Waals surface area contributed by atoms with Crippen molar-refractivity contribution in [2.45, 2.75) is 6.92 Å². The van der Waals surface area contributed by atoms with Crippen molar-refractivity contribution in [2.24, 2.45) is 0 Å². The molecule has 60 valence electrons. The minimum atomic E-state index is -1.45. The molecule has 0 aromatic carbocycles. The van der Waals surface area contributed by atoms with Gasteiger partial charge in [-0.05, 0) is 0 Å². The summed E-state index contributed by atoms with van der Waals surface area (Å²) >= 11 is 0. The van der Waals surface area contributed by atoms with Gasteiger partial charge in [0.1, 0.15) is 6.29 Å². The van der Waals surface area contributed by atoms with Gasteiger partial charge in [-0.1, -0.05) is 0 Å². The normalized spacial score (nSPS) is 10.5. The highest BCUT2D eigenvalue weighted by Gasteiger charge is 2.09. The van der Waals surface area contributed by atoms with Crippen LogP contribution in [0.3, 0.4) is 0 Å². The van der Waals surface area contributed by atoms with E-state index in [9.17, 15) is 14.4 Å². The first-order valence-electron chi connectivity index (χ1n) is 2.65. The summed E-state index contributed by atoms with van der Waals surface area (Å²) in [5.41, 5.74) is 0. The third-order valence-electron chi connectivity index (χ3n) is 0.684. The molecule has 0 amide bonds. The molecule has 0 spiro atoms. The van der Waals surface area contributed by atoms with Gasteiger partial charge in [0, 0.05) is 13.0 Å². The van der Waals surface area contributed by atoms with Gasteiger partial charge < -0.3 is 9.84 Å². The summed E-state index contributed by atoms with van der Waals surface area (Å²) < 4.78 is 4.14. The number of ether oxygens (including phenoxy) is 1. The van der Waals surface area contributed by atoms with Crippen molar-refractivity contribution in [2.75, 3.05) is 0 Å². The first kappa shape index (κ1) is 9.35. The van der Waals surface area contributed by atoms with E-state index >= 15 is 0 Å². The molecule has 5 heteroatoms. The second-order valence-electron chi connectivity index (χ2n) is 1.57. The van der Waals surface area contributed by atoms with Crippen LogP contribution >= 0.6 is 0 Å². The van der Waals surface area contributed by atoms with E-state index < -0.39 is 17.7 Å². The number of aliphatic carboxylic acids is 1. The van der Waals surface area contributed by atoms with E-state index in [1.54, 1.807) is 0 Å². The van der Waals surface area contributed by atoms with Crippen molar-refractivity contribution >= 4 is 18.2 Å². The van der Waals surface area contributed by atoms with Crippen LogP contribution in [0.2, 0.25) is 0 Å². The number of rotatable bonds is 3. The molecule has 0 aliphatic heterocycles. The van der Waals surface area contributed by atoms with Crippen LogP contribution in [0.25, 0.3) is 0 Å². The van der Waals surface area contributed by atoms with E-state index in [1.807, 2.05) is 0 Å². The van der Waals surface area contributed by atoms with Crippen molar-refractivity contribution < 1.29 is 24.2 Å². The number of carboxylic acids is 1. The first-order valence-corrected chi connectivity index (χ1v) is 2.65. The van der Waals surface area contributed by atoms with Crippen LogP contribution in [0.1, 0.15) is 6.92 Å². The average molecular weight is 158 g/mol. The molecule has 0 heterocycles. The van der Waals surface area contributed by atoms with Gasteiger partial charge >= 0.3 is 11.9 Å². The van der Waals surface area contributed by atoms with Crippen molar-refractivity contribution in [3.8, 4) is 0 Å². The van der Waals surface area contributed by atoms with Crippen LogP contribution in [0, 0.1) is 0 Å². The summed E-state index contributed by atoms with van der Waals surface area (Å²) in [5, 5.41) is 8.25. The van der Waals surface area contributed by atoms with Crippen molar-refractivity contribution in [3.63, 3.8) is 0 Å². The molecule has 1 N–H and O–H groups in total. The fraction of sp³-hybridized carbons (Fsp3) is 0.167. The van der Waals surface area contributed by atoms with Crippen LogP contribution in [-0.2, 0) is 19.1 Å². The lowest BCUT2D eigenvalue weighted by molar-refractivity contribution is -0.146. The van der Waals surface area contributed by atoms with Crippen LogP contribution < -0.4 is 0 Å². The predicted octanol–water partition coefficient (Wildman–Crippen LogP) is -0.283. The van der Waals surface area contributed by atoms with Gasteiger partial charge in [-0.15, -0.1) is 0 Å². The molecule has 11 heavy (non-hydrogen) atoms. The predicted molar refractivity (Wildman–Crippen MR) is 33.5 cm³/mol. The Hall–Kier alpha value is -1.65. The van der Waals surface area contributed by atoms with Gasteiger partial charge in [0.15, 0.2) is 0 Å². The lowest BCUT2D eigenvalue weighted by Crippen LogP contribution is -2.08. The molecule has 0 aromatic heterocycles. The molecule has 0 aliphatic carbocycles. The van der Waals surface area contributed by atoms with Crippen LogP contribution in [-0.4, -0.2) is 23.3 Å². The molecule has 0 fully saturated rings. The summed E-state index contributed by atoms with van der Waals surface area (Å²) in [4.78, 5) is 30.1. The smallest absolute Gasteiger partial charge is 0.372 e. The molecule has 0 unspecified atom stereocenters. The number of carbonyl (C=O) groups excluding carboxylic acids is 2. The fourth-order valence-electron chi connectivity index (χ4n) is 0.366. The Labute approximate surface area is 62.3 Å². The van der Waals surface area contributed by atoms with Gasteiger partial charge in [0.05, 0.1) is 0 Å². The van der Waals surface area contributed by atoms with Crippen molar-refractivity contribution in [1.82, 2.24) is 0 Å². The Morgan fingerprint density at radius 2 is 2.00 bits per heavy atom. The molecule has 0 radical (unpaired) electrons. The number of allylic oxidation sites excluding steroid dienone is 1. The molecule has 5 nitrogen and oxygen atoms in total. The maximum Gasteiger partial charge on any atom is 0.372 e. The molecule has 0 atom stereocenters. The monoisotopic (exact) mass is 158 g/mol. The molecule has 0 saturated heterocycles. The highest BCUT2D eigenvalue weighted by molar-refractivity contribution is 5.91. The molecule has 0 saturated carbocycles. The Kier molecular flexibility index (Phi) is 3.58. The Balaban J connectivity index is 4.35. The van der Waals surface area contributed by atoms with E-state index in [4.69, 9.17) is 5.11 Å². The number of carboxylic acid groups (broad SMARTS) is 1. The van der Waals surface area contributed by atoms with Crippen LogP contribution in [0.5, 0.6) is 0 Å². The van der Waals surface area contributed by atoms with Gasteiger partial charge in [0.25, 0.3) is 0 Å². The minimum absolute atomic E-state index is 0.229. The van der Waals surface area contributed by atoms with Crippen molar-refractivity contribution in [1.29, 1.82) is 0 Å². The summed E-state index contributed by atoms with van der Waals surface area (Å²) in [6, 6.07) is 0. The van der Waals surface area contributed by atoms with E-state index in [1.165, 1.54) is 0 Å². The second-order valence-corrected chi connectivity index (χ2v) is 1.57. The van der Waals surface area contributed by atoms with Gasteiger partial charge in [-0.2, -0.15) is 0 Å². The van der Waals surface area contributed by atoms with E-state index in [0.717, 1.165) is 6.92 Å². The lowest BCUT2D eigenvalue weighted by atomic mass is 10.4. The minimum Gasteiger partial charge on any atom is -0.475 e. The number of aldehydes is 1.